The van der Waals surface area contributed by atoms with Crippen LogP contribution in [0.2, 0.25) is 0 Å². The lowest BCUT2D eigenvalue weighted by Gasteiger charge is -2.02. The van der Waals surface area contributed by atoms with E-state index in [2.05, 4.69) is 4.98 Å². The summed E-state index contributed by atoms with van der Waals surface area (Å²) >= 11 is 0. The van der Waals surface area contributed by atoms with Crippen LogP contribution >= 0.6 is 12.4 Å². The van der Waals surface area contributed by atoms with Gasteiger partial charge in [0.15, 0.2) is 0 Å². The molecule has 14 heavy (non-hydrogen) atoms. The van der Waals surface area contributed by atoms with Crippen LogP contribution in [0, 0.1) is 0 Å². The SMILES string of the molecule is Cl.NCC=C(F)COc1cccnc1. The molecule has 5 heteroatoms. The summed E-state index contributed by atoms with van der Waals surface area (Å²) in [7, 11) is 0. The third kappa shape index (κ3) is 4.79. The van der Waals surface area contributed by atoms with Crippen molar-refractivity contribution in [2.45, 2.75) is 0 Å². The Morgan fingerprint density at radius 3 is 3.00 bits per heavy atom. The van der Waals surface area contributed by atoms with Gasteiger partial charge in [0.05, 0.1) is 6.20 Å². The molecule has 1 rings (SSSR count). The Balaban J connectivity index is 0.00000169. The maximum atomic E-state index is 12.7. The zero-order chi connectivity index (χ0) is 9.52. The molecular formula is C9H12ClFN2O. The monoisotopic (exact) mass is 218 g/mol. The van der Waals surface area contributed by atoms with Crippen LogP contribution in [0.4, 0.5) is 4.39 Å². The fraction of sp³-hybridized carbons (Fsp3) is 0.222. The summed E-state index contributed by atoms with van der Waals surface area (Å²) in [5.41, 5.74) is 5.11. The highest BCUT2D eigenvalue weighted by Gasteiger charge is 1.95. The molecule has 1 aromatic rings. The second-order valence-electron chi connectivity index (χ2n) is 2.36. The van der Waals surface area contributed by atoms with Crippen molar-refractivity contribution in [1.29, 1.82) is 0 Å². The number of rotatable bonds is 4. The van der Waals surface area contributed by atoms with Crippen LogP contribution in [0.3, 0.4) is 0 Å². The number of nitrogens with two attached hydrogens (primary N) is 1. The standard InChI is InChI=1S/C9H11FN2O.ClH/c10-8(3-4-11)7-13-9-2-1-5-12-6-9;/h1-3,5-6H,4,7,11H2;1H. The van der Waals surface area contributed by atoms with Gasteiger partial charge in [-0.3, -0.25) is 4.98 Å². The Morgan fingerprint density at radius 2 is 2.43 bits per heavy atom. The molecule has 0 aliphatic rings. The molecule has 3 nitrogen and oxygen atoms in total. The topological polar surface area (TPSA) is 48.1 Å². The number of ether oxygens (including phenoxy) is 1. The van der Waals surface area contributed by atoms with Crippen LogP contribution in [0.25, 0.3) is 0 Å². The summed E-state index contributed by atoms with van der Waals surface area (Å²) in [4.78, 5) is 3.82. The Kier molecular flexibility index (Phi) is 6.70. The molecule has 0 saturated heterocycles. The molecule has 0 aromatic carbocycles. The van der Waals surface area contributed by atoms with E-state index < -0.39 is 0 Å². The van der Waals surface area contributed by atoms with Crippen LogP contribution < -0.4 is 10.5 Å². The van der Waals surface area contributed by atoms with E-state index in [0.29, 0.717) is 5.75 Å². The Morgan fingerprint density at radius 1 is 1.64 bits per heavy atom. The first-order chi connectivity index (χ1) is 6.33. The molecule has 0 aliphatic heterocycles. The van der Waals surface area contributed by atoms with Crippen LogP contribution in [-0.2, 0) is 0 Å². The normalized spacial score (nSPS) is 10.6. The maximum Gasteiger partial charge on any atom is 0.139 e. The van der Waals surface area contributed by atoms with Crippen LogP contribution in [0.15, 0.2) is 36.4 Å². The van der Waals surface area contributed by atoms with Crippen LogP contribution in [-0.4, -0.2) is 18.1 Å². The van der Waals surface area contributed by atoms with E-state index in [4.69, 9.17) is 10.5 Å². The highest BCUT2D eigenvalue weighted by Crippen LogP contribution is 2.08. The third-order valence-corrected chi connectivity index (χ3v) is 1.35. The smallest absolute Gasteiger partial charge is 0.139 e. The predicted molar refractivity (Wildman–Crippen MR) is 55.2 cm³/mol. The summed E-state index contributed by atoms with van der Waals surface area (Å²) < 4.78 is 17.8. The van der Waals surface area contributed by atoms with Gasteiger partial charge in [0.1, 0.15) is 18.2 Å². The number of nitrogens with zero attached hydrogens (tertiary/aromatic N) is 1. The Hall–Kier alpha value is -1.13. The molecule has 2 N–H and O–H groups in total. The van der Waals surface area contributed by atoms with Gasteiger partial charge < -0.3 is 10.5 Å². The van der Waals surface area contributed by atoms with E-state index in [1.807, 2.05) is 0 Å². The Bertz CT molecular complexity index is 279. The molecule has 0 radical (unpaired) electrons. The van der Waals surface area contributed by atoms with E-state index in [1.165, 1.54) is 12.3 Å². The molecule has 78 valence electrons. The van der Waals surface area contributed by atoms with Crippen molar-refractivity contribution in [1.82, 2.24) is 4.98 Å². The maximum absolute atomic E-state index is 12.7. The summed E-state index contributed by atoms with van der Waals surface area (Å²) in [5.74, 6) is 0.175. The van der Waals surface area contributed by atoms with Crippen molar-refractivity contribution in [3.8, 4) is 5.75 Å². The van der Waals surface area contributed by atoms with Crippen molar-refractivity contribution in [3.63, 3.8) is 0 Å². The molecule has 1 heterocycles. The predicted octanol–water partition coefficient (Wildman–Crippen LogP) is 1.69. The quantitative estimate of drug-likeness (QED) is 0.837. The van der Waals surface area contributed by atoms with Crippen LogP contribution in [0.5, 0.6) is 5.75 Å². The van der Waals surface area contributed by atoms with Gasteiger partial charge in [0, 0.05) is 12.7 Å². The number of aromatic nitrogens is 1. The van der Waals surface area contributed by atoms with Crippen molar-refractivity contribution >= 4 is 12.4 Å². The zero-order valence-electron chi connectivity index (χ0n) is 7.52. The van der Waals surface area contributed by atoms with Gasteiger partial charge in [-0.25, -0.2) is 4.39 Å². The minimum atomic E-state index is -0.369. The number of hydrogen-bond donors (Lipinski definition) is 1. The minimum Gasteiger partial charge on any atom is -0.485 e. The first-order valence-electron chi connectivity index (χ1n) is 3.90. The highest BCUT2D eigenvalue weighted by molar-refractivity contribution is 5.85. The average Bonchev–Trinajstić information content (AvgIpc) is 2.17. The van der Waals surface area contributed by atoms with Gasteiger partial charge in [-0.2, -0.15) is 0 Å². The molecule has 0 atom stereocenters. The summed E-state index contributed by atoms with van der Waals surface area (Å²) in [6.07, 6.45) is 4.42. The van der Waals surface area contributed by atoms with E-state index in [-0.39, 0.29) is 31.4 Å². The van der Waals surface area contributed by atoms with Crippen molar-refractivity contribution in [2.75, 3.05) is 13.2 Å². The van der Waals surface area contributed by atoms with Crippen molar-refractivity contribution in [3.05, 3.63) is 36.4 Å². The lowest BCUT2D eigenvalue weighted by atomic mass is 10.4. The van der Waals surface area contributed by atoms with Crippen LogP contribution in [0.1, 0.15) is 0 Å². The first kappa shape index (κ1) is 12.9. The highest BCUT2D eigenvalue weighted by atomic mass is 35.5. The molecule has 0 spiro atoms. The lowest BCUT2D eigenvalue weighted by molar-refractivity contribution is 0.317. The summed E-state index contributed by atoms with van der Waals surface area (Å²) in [6, 6.07) is 3.43. The van der Waals surface area contributed by atoms with Gasteiger partial charge in [-0.15, -0.1) is 12.4 Å². The van der Waals surface area contributed by atoms with Gasteiger partial charge in [-0.05, 0) is 18.2 Å². The second kappa shape index (κ2) is 7.29. The molecule has 1 aromatic heterocycles. The molecule has 0 aliphatic carbocycles. The zero-order valence-corrected chi connectivity index (χ0v) is 8.34. The van der Waals surface area contributed by atoms with Crippen molar-refractivity contribution in [2.24, 2.45) is 5.73 Å². The van der Waals surface area contributed by atoms with E-state index in [9.17, 15) is 4.39 Å². The van der Waals surface area contributed by atoms with Gasteiger partial charge >= 0.3 is 0 Å². The average molecular weight is 219 g/mol. The van der Waals surface area contributed by atoms with Gasteiger partial charge in [-0.1, -0.05) is 0 Å². The van der Waals surface area contributed by atoms with Gasteiger partial charge in [0.25, 0.3) is 0 Å². The lowest BCUT2D eigenvalue weighted by Crippen LogP contribution is -2.01. The third-order valence-electron chi connectivity index (χ3n) is 1.35. The largest absolute Gasteiger partial charge is 0.485 e. The Labute approximate surface area is 88.2 Å². The van der Waals surface area contributed by atoms with E-state index in [0.717, 1.165) is 0 Å². The van der Waals surface area contributed by atoms with E-state index >= 15 is 0 Å². The number of hydrogen-bond acceptors (Lipinski definition) is 3. The second-order valence-corrected chi connectivity index (χ2v) is 2.36. The minimum absolute atomic E-state index is 0. The van der Waals surface area contributed by atoms with Crippen molar-refractivity contribution < 1.29 is 9.13 Å². The number of pyridine rings is 1. The summed E-state index contributed by atoms with van der Waals surface area (Å²) in [6.45, 7) is 0.0884. The molecule has 0 unspecified atom stereocenters. The number of halogens is 2. The molecule has 0 saturated carbocycles. The van der Waals surface area contributed by atoms with E-state index in [1.54, 1.807) is 18.3 Å². The molecule has 0 bridgehead atoms. The molecular weight excluding hydrogens is 207 g/mol. The van der Waals surface area contributed by atoms with Gasteiger partial charge in [0.2, 0.25) is 0 Å². The fourth-order valence-electron chi connectivity index (χ4n) is 0.772. The molecule has 0 amide bonds. The fourth-order valence-corrected chi connectivity index (χ4v) is 0.772. The summed E-state index contributed by atoms with van der Waals surface area (Å²) in [5, 5.41) is 0. The molecule has 0 fully saturated rings. The first-order valence-corrected chi connectivity index (χ1v) is 3.90.